The lowest BCUT2D eigenvalue weighted by molar-refractivity contribution is -0.117. The number of carbonyl (C=O) groups excluding carboxylic acids is 1. The molecule has 8 heteroatoms. The Morgan fingerprint density at radius 1 is 1.36 bits per heavy atom. The Hall–Kier alpha value is -1.64. The van der Waals surface area contributed by atoms with Crippen LogP contribution in [0.15, 0.2) is 16.9 Å². The zero-order valence-electron chi connectivity index (χ0n) is 16.2. The Morgan fingerprint density at radius 2 is 2.14 bits per heavy atom. The molecule has 1 aliphatic heterocycles. The summed E-state index contributed by atoms with van der Waals surface area (Å²) in [5.41, 5.74) is 8.81. The summed E-state index contributed by atoms with van der Waals surface area (Å²) in [5, 5.41) is 4.02. The molecule has 0 radical (unpaired) electrons. The van der Waals surface area contributed by atoms with Gasteiger partial charge in [0.2, 0.25) is 5.91 Å². The lowest BCUT2D eigenvalue weighted by atomic mass is 10.1. The van der Waals surface area contributed by atoms with Gasteiger partial charge in [-0.05, 0) is 54.5 Å². The van der Waals surface area contributed by atoms with Crippen LogP contribution in [-0.2, 0) is 9.53 Å². The molecule has 0 spiro atoms. The van der Waals surface area contributed by atoms with E-state index in [2.05, 4.69) is 36.1 Å². The van der Waals surface area contributed by atoms with Gasteiger partial charge in [-0.15, -0.1) is 0 Å². The maximum absolute atomic E-state index is 12.2. The fourth-order valence-corrected chi connectivity index (χ4v) is 4.11. The zero-order valence-corrected chi connectivity index (χ0v) is 17.8. The molecular formula is C20H28BrN5O2. The fraction of sp³-hybridized carbons (Fsp3) is 0.600. The van der Waals surface area contributed by atoms with Crippen molar-refractivity contribution < 1.29 is 9.53 Å². The smallest absolute Gasteiger partial charge is 0.227 e. The van der Waals surface area contributed by atoms with E-state index in [1.54, 1.807) is 13.3 Å². The highest BCUT2D eigenvalue weighted by molar-refractivity contribution is 9.10. The summed E-state index contributed by atoms with van der Waals surface area (Å²) in [4.78, 5) is 22.0. The number of amides is 1. The van der Waals surface area contributed by atoms with Crippen LogP contribution in [0.1, 0.15) is 38.5 Å². The standard InChI is InChI=1S/C16H20BrN5O.C4H8O/c17-11-6-19-15-13(14(11)22-5-1-2-10(18)8-22)12(7-20-15)21-16(23)9-3-4-9;1-5-4-2-3-4/h6-7,9-10H,1-5,8,18H2,(H,19,20)(H,21,23);4H,2-3H2,1H3/t10-;/m1./s1. The Balaban J connectivity index is 0.000000336. The maximum atomic E-state index is 12.2. The van der Waals surface area contributed by atoms with Gasteiger partial charge in [-0.2, -0.15) is 0 Å². The number of hydrogen-bond donors (Lipinski definition) is 3. The number of aromatic amines is 1. The summed E-state index contributed by atoms with van der Waals surface area (Å²) in [5.74, 6) is 0.277. The number of nitrogens with zero attached hydrogens (tertiary/aromatic N) is 2. The summed E-state index contributed by atoms with van der Waals surface area (Å²) in [6, 6.07) is 0.183. The minimum Gasteiger partial charge on any atom is -0.381 e. The molecule has 28 heavy (non-hydrogen) atoms. The number of nitrogens with two attached hydrogens (primary N) is 1. The molecule has 1 amide bonds. The molecule has 0 bridgehead atoms. The average molecular weight is 450 g/mol. The van der Waals surface area contributed by atoms with Crippen molar-refractivity contribution in [1.29, 1.82) is 0 Å². The Labute approximate surface area is 173 Å². The van der Waals surface area contributed by atoms with Gasteiger partial charge in [-0.3, -0.25) is 4.79 Å². The van der Waals surface area contributed by atoms with Crippen LogP contribution in [0, 0.1) is 5.92 Å². The predicted molar refractivity (Wildman–Crippen MR) is 115 cm³/mol. The van der Waals surface area contributed by atoms with Crippen molar-refractivity contribution in [2.45, 2.75) is 50.7 Å². The van der Waals surface area contributed by atoms with Crippen molar-refractivity contribution in [1.82, 2.24) is 9.97 Å². The number of anilines is 2. The number of H-pyrrole nitrogens is 1. The van der Waals surface area contributed by atoms with Crippen molar-refractivity contribution >= 4 is 44.2 Å². The van der Waals surface area contributed by atoms with E-state index in [0.29, 0.717) is 6.10 Å². The molecule has 2 saturated carbocycles. The number of aromatic nitrogens is 2. The number of methoxy groups -OCH3 is 1. The average Bonchev–Trinajstić information content (AvgIpc) is 3.60. The van der Waals surface area contributed by atoms with Crippen molar-refractivity contribution in [2.24, 2.45) is 11.7 Å². The first-order valence-electron chi connectivity index (χ1n) is 10.1. The SMILES string of the molecule is COC1CC1.N[C@@H]1CCCN(c2c(Br)cnc3[nH]cc(NC(=O)C4CC4)c23)C1. The van der Waals surface area contributed by atoms with Crippen LogP contribution in [0.5, 0.6) is 0 Å². The van der Waals surface area contributed by atoms with Crippen LogP contribution in [0.25, 0.3) is 11.0 Å². The highest BCUT2D eigenvalue weighted by atomic mass is 79.9. The molecule has 3 heterocycles. The molecule has 2 aliphatic carbocycles. The summed E-state index contributed by atoms with van der Waals surface area (Å²) in [6.07, 6.45) is 11.0. The fourth-order valence-electron chi connectivity index (χ4n) is 3.56. The number of carbonyl (C=O) groups is 1. The van der Waals surface area contributed by atoms with Crippen LogP contribution in [0.3, 0.4) is 0 Å². The monoisotopic (exact) mass is 449 g/mol. The molecule has 1 saturated heterocycles. The van der Waals surface area contributed by atoms with Gasteiger partial charge in [0.25, 0.3) is 0 Å². The van der Waals surface area contributed by atoms with Gasteiger partial charge in [0.15, 0.2) is 0 Å². The van der Waals surface area contributed by atoms with E-state index in [9.17, 15) is 4.79 Å². The van der Waals surface area contributed by atoms with E-state index >= 15 is 0 Å². The maximum Gasteiger partial charge on any atom is 0.227 e. The molecule has 7 nitrogen and oxygen atoms in total. The van der Waals surface area contributed by atoms with E-state index in [0.717, 1.165) is 65.7 Å². The molecule has 2 aromatic heterocycles. The second-order valence-corrected chi connectivity index (χ2v) is 8.78. The van der Waals surface area contributed by atoms with Crippen LogP contribution >= 0.6 is 15.9 Å². The van der Waals surface area contributed by atoms with Crippen LogP contribution < -0.4 is 16.0 Å². The highest BCUT2D eigenvalue weighted by Gasteiger charge is 2.31. The van der Waals surface area contributed by atoms with Crippen LogP contribution in [-0.4, -0.2) is 48.2 Å². The third-order valence-corrected chi connectivity index (χ3v) is 6.05. The molecule has 152 valence electrons. The first-order chi connectivity index (χ1) is 13.6. The largest absolute Gasteiger partial charge is 0.381 e. The molecule has 2 aromatic rings. The minimum absolute atomic E-state index is 0.104. The van der Waals surface area contributed by atoms with Gasteiger partial charge in [0, 0.05) is 44.6 Å². The van der Waals surface area contributed by atoms with Crippen molar-refractivity contribution in [2.75, 3.05) is 30.4 Å². The van der Waals surface area contributed by atoms with Crippen LogP contribution in [0.2, 0.25) is 0 Å². The third kappa shape index (κ3) is 4.50. The third-order valence-electron chi connectivity index (χ3n) is 5.47. The number of ether oxygens (including phenoxy) is 1. The molecule has 0 unspecified atom stereocenters. The molecule has 5 rings (SSSR count). The van der Waals surface area contributed by atoms with E-state index in [1.165, 1.54) is 12.8 Å². The van der Waals surface area contributed by atoms with Gasteiger partial charge < -0.3 is 25.7 Å². The second kappa shape index (κ2) is 8.39. The van der Waals surface area contributed by atoms with E-state index in [-0.39, 0.29) is 17.9 Å². The van der Waals surface area contributed by atoms with E-state index < -0.39 is 0 Å². The Kier molecular flexibility index (Phi) is 5.89. The quantitative estimate of drug-likeness (QED) is 0.664. The van der Waals surface area contributed by atoms with Crippen LogP contribution in [0.4, 0.5) is 11.4 Å². The van der Waals surface area contributed by atoms with E-state index in [4.69, 9.17) is 10.5 Å². The number of rotatable bonds is 4. The van der Waals surface area contributed by atoms with Crippen molar-refractivity contribution in [3.8, 4) is 0 Å². The minimum atomic E-state index is 0.104. The number of halogens is 1. The van der Waals surface area contributed by atoms with E-state index in [1.807, 2.05) is 6.20 Å². The summed E-state index contributed by atoms with van der Waals surface area (Å²) < 4.78 is 5.79. The lowest BCUT2D eigenvalue weighted by Gasteiger charge is -2.33. The zero-order chi connectivity index (χ0) is 19.7. The molecule has 0 aromatic carbocycles. The number of nitrogens with one attached hydrogen (secondary N) is 2. The molecule has 1 atom stereocenters. The summed E-state index contributed by atoms with van der Waals surface area (Å²) >= 11 is 3.63. The normalized spacial score (nSPS) is 22.0. The number of piperidine rings is 1. The predicted octanol–water partition coefficient (Wildman–Crippen LogP) is 3.40. The molecule has 3 aliphatic rings. The number of pyridine rings is 1. The highest BCUT2D eigenvalue weighted by Crippen LogP contribution is 2.39. The first-order valence-corrected chi connectivity index (χ1v) is 10.9. The topological polar surface area (TPSA) is 96.3 Å². The molecule has 3 fully saturated rings. The summed E-state index contributed by atoms with van der Waals surface area (Å²) in [6.45, 7) is 1.78. The first kappa shape index (κ1) is 19.7. The lowest BCUT2D eigenvalue weighted by Crippen LogP contribution is -2.43. The Morgan fingerprint density at radius 3 is 2.75 bits per heavy atom. The van der Waals surface area contributed by atoms with Gasteiger partial charge >= 0.3 is 0 Å². The number of hydrogen-bond acceptors (Lipinski definition) is 5. The van der Waals surface area contributed by atoms with Gasteiger partial charge in [0.05, 0.1) is 27.3 Å². The molecular weight excluding hydrogens is 422 g/mol. The van der Waals surface area contributed by atoms with Gasteiger partial charge in [-0.1, -0.05) is 0 Å². The van der Waals surface area contributed by atoms with Crippen molar-refractivity contribution in [3.05, 3.63) is 16.9 Å². The number of fused-ring (bicyclic) bond motifs is 1. The Bertz CT molecular complexity index is 846. The second-order valence-electron chi connectivity index (χ2n) is 7.93. The van der Waals surface area contributed by atoms with Crippen molar-refractivity contribution in [3.63, 3.8) is 0 Å². The summed E-state index contributed by atoms with van der Waals surface area (Å²) in [7, 11) is 1.76. The van der Waals surface area contributed by atoms with Gasteiger partial charge in [-0.25, -0.2) is 4.98 Å². The molecule has 4 N–H and O–H groups in total. The van der Waals surface area contributed by atoms with Gasteiger partial charge in [0.1, 0.15) is 5.65 Å².